The lowest BCUT2D eigenvalue weighted by molar-refractivity contribution is 0.168. The van der Waals surface area contributed by atoms with Crippen LogP contribution in [0.1, 0.15) is 25.1 Å². The Morgan fingerprint density at radius 2 is 2.41 bits per heavy atom. The minimum Gasteiger partial charge on any atom is -0.316 e. The predicted molar refractivity (Wildman–Crippen MR) is 75.7 cm³/mol. The first-order valence-corrected chi connectivity index (χ1v) is 7.40. The van der Waals surface area contributed by atoms with Crippen LogP contribution in [-0.4, -0.2) is 37.6 Å². The van der Waals surface area contributed by atoms with Gasteiger partial charge in [-0.15, -0.1) is 11.3 Å². The standard InChI is InChI=1S/C14H24N2S/c1-12(9-13-5-4-8-17-13)16(3)11-14(2)6-7-15-10-14/h4-5,8,12,15H,6-7,9-11H2,1-3H3. The fourth-order valence-corrected chi connectivity index (χ4v) is 3.46. The van der Waals surface area contributed by atoms with Crippen LogP contribution in [0.2, 0.25) is 0 Å². The summed E-state index contributed by atoms with van der Waals surface area (Å²) in [7, 11) is 2.27. The fourth-order valence-electron chi connectivity index (χ4n) is 2.64. The van der Waals surface area contributed by atoms with E-state index < -0.39 is 0 Å². The maximum atomic E-state index is 3.48. The summed E-state index contributed by atoms with van der Waals surface area (Å²) in [6, 6.07) is 5.02. The van der Waals surface area contributed by atoms with Gasteiger partial charge < -0.3 is 10.2 Å². The van der Waals surface area contributed by atoms with Crippen LogP contribution in [0.15, 0.2) is 17.5 Å². The summed E-state index contributed by atoms with van der Waals surface area (Å²) in [6.07, 6.45) is 2.49. The van der Waals surface area contributed by atoms with Gasteiger partial charge in [-0.2, -0.15) is 0 Å². The first-order chi connectivity index (χ1) is 8.09. The third-order valence-electron chi connectivity index (χ3n) is 3.92. The van der Waals surface area contributed by atoms with Gasteiger partial charge in [-0.3, -0.25) is 0 Å². The van der Waals surface area contributed by atoms with E-state index in [0.717, 1.165) is 0 Å². The summed E-state index contributed by atoms with van der Waals surface area (Å²) in [5.41, 5.74) is 0.471. The molecular weight excluding hydrogens is 228 g/mol. The lowest BCUT2D eigenvalue weighted by Crippen LogP contribution is -2.40. The Morgan fingerprint density at radius 1 is 1.59 bits per heavy atom. The molecule has 3 heteroatoms. The molecule has 1 fully saturated rings. The number of nitrogens with one attached hydrogen (secondary N) is 1. The van der Waals surface area contributed by atoms with E-state index in [0.29, 0.717) is 11.5 Å². The second kappa shape index (κ2) is 5.51. The van der Waals surface area contributed by atoms with Crippen molar-refractivity contribution in [2.24, 2.45) is 5.41 Å². The summed E-state index contributed by atoms with van der Waals surface area (Å²) in [5.74, 6) is 0. The van der Waals surface area contributed by atoms with Gasteiger partial charge in [0.05, 0.1) is 0 Å². The molecule has 0 aliphatic carbocycles. The van der Waals surface area contributed by atoms with Crippen molar-refractivity contribution in [2.75, 3.05) is 26.7 Å². The molecule has 1 aliphatic rings. The number of hydrogen-bond donors (Lipinski definition) is 1. The van der Waals surface area contributed by atoms with E-state index in [9.17, 15) is 0 Å². The maximum Gasteiger partial charge on any atom is 0.0112 e. The number of likely N-dealkylation sites (N-methyl/N-ethyl adjacent to an activating group) is 1. The van der Waals surface area contributed by atoms with Crippen molar-refractivity contribution >= 4 is 11.3 Å². The molecule has 0 amide bonds. The van der Waals surface area contributed by atoms with E-state index in [2.05, 4.69) is 48.6 Å². The Balaban J connectivity index is 1.84. The first-order valence-electron chi connectivity index (χ1n) is 6.52. The number of nitrogens with zero attached hydrogens (tertiary/aromatic N) is 1. The number of thiophene rings is 1. The van der Waals surface area contributed by atoms with E-state index in [-0.39, 0.29) is 0 Å². The first kappa shape index (κ1) is 13.1. The van der Waals surface area contributed by atoms with Crippen LogP contribution in [0.5, 0.6) is 0 Å². The van der Waals surface area contributed by atoms with E-state index in [1.165, 1.54) is 37.4 Å². The molecule has 1 aliphatic heterocycles. The van der Waals surface area contributed by atoms with E-state index >= 15 is 0 Å². The highest BCUT2D eigenvalue weighted by Crippen LogP contribution is 2.26. The van der Waals surface area contributed by atoms with Crippen molar-refractivity contribution in [3.63, 3.8) is 0 Å². The van der Waals surface area contributed by atoms with Crippen LogP contribution < -0.4 is 5.32 Å². The molecule has 2 rings (SSSR count). The molecule has 96 valence electrons. The van der Waals surface area contributed by atoms with Gasteiger partial charge in [-0.25, -0.2) is 0 Å². The molecule has 2 atom stereocenters. The molecule has 2 unspecified atom stereocenters. The Kier molecular flexibility index (Phi) is 4.23. The van der Waals surface area contributed by atoms with Gasteiger partial charge in [0.15, 0.2) is 0 Å². The van der Waals surface area contributed by atoms with Gasteiger partial charge in [0.25, 0.3) is 0 Å². The predicted octanol–water partition coefficient (Wildman–Crippen LogP) is 2.61. The largest absolute Gasteiger partial charge is 0.316 e. The quantitative estimate of drug-likeness (QED) is 0.866. The highest BCUT2D eigenvalue weighted by molar-refractivity contribution is 7.09. The van der Waals surface area contributed by atoms with Crippen molar-refractivity contribution in [3.8, 4) is 0 Å². The average Bonchev–Trinajstić information content (AvgIpc) is 2.90. The molecule has 0 saturated carbocycles. The molecule has 1 N–H and O–H groups in total. The SMILES string of the molecule is CC(Cc1cccs1)N(C)CC1(C)CCNC1. The Hall–Kier alpha value is -0.380. The molecule has 1 aromatic rings. The summed E-state index contributed by atoms with van der Waals surface area (Å²) >= 11 is 1.87. The zero-order valence-corrected chi connectivity index (χ0v) is 12.0. The van der Waals surface area contributed by atoms with Crippen LogP contribution in [0.25, 0.3) is 0 Å². The zero-order valence-electron chi connectivity index (χ0n) is 11.2. The second-order valence-electron chi connectivity index (χ2n) is 5.79. The van der Waals surface area contributed by atoms with Crippen molar-refractivity contribution < 1.29 is 0 Å². The van der Waals surface area contributed by atoms with E-state index in [1.807, 2.05) is 11.3 Å². The molecule has 0 radical (unpaired) electrons. The van der Waals surface area contributed by atoms with Crippen LogP contribution in [0.3, 0.4) is 0 Å². The smallest absolute Gasteiger partial charge is 0.0112 e. The minimum absolute atomic E-state index is 0.471. The van der Waals surface area contributed by atoms with Crippen molar-refractivity contribution in [3.05, 3.63) is 22.4 Å². The molecule has 17 heavy (non-hydrogen) atoms. The summed E-state index contributed by atoms with van der Waals surface area (Å²) in [4.78, 5) is 4.02. The molecule has 0 bridgehead atoms. The minimum atomic E-state index is 0.471. The maximum absolute atomic E-state index is 3.48. The number of hydrogen-bond acceptors (Lipinski definition) is 3. The fraction of sp³-hybridized carbons (Fsp3) is 0.714. The lowest BCUT2D eigenvalue weighted by atomic mass is 9.89. The highest BCUT2D eigenvalue weighted by Gasteiger charge is 2.30. The summed E-state index contributed by atoms with van der Waals surface area (Å²) < 4.78 is 0. The van der Waals surface area contributed by atoms with Gasteiger partial charge in [0.1, 0.15) is 0 Å². The second-order valence-corrected chi connectivity index (χ2v) is 6.82. The monoisotopic (exact) mass is 252 g/mol. The molecule has 0 spiro atoms. The van der Waals surface area contributed by atoms with Gasteiger partial charge in [-0.05, 0) is 50.2 Å². The average molecular weight is 252 g/mol. The van der Waals surface area contributed by atoms with Gasteiger partial charge in [-0.1, -0.05) is 13.0 Å². The lowest BCUT2D eigenvalue weighted by Gasteiger charge is -2.33. The normalized spacial score (nSPS) is 26.6. The van der Waals surface area contributed by atoms with Crippen LogP contribution in [-0.2, 0) is 6.42 Å². The Morgan fingerprint density at radius 3 is 3.00 bits per heavy atom. The third kappa shape index (κ3) is 3.54. The summed E-state index contributed by atoms with van der Waals surface area (Å²) in [6.45, 7) is 8.30. The molecule has 1 aromatic heterocycles. The van der Waals surface area contributed by atoms with Crippen LogP contribution >= 0.6 is 11.3 Å². The van der Waals surface area contributed by atoms with Crippen LogP contribution in [0.4, 0.5) is 0 Å². The third-order valence-corrected chi connectivity index (χ3v) is 4.82. The Labute approximate surface area is 109 Å². The van der Waals surface area contributed by atoms with Gasteiger partial charge in [0.2, 0.25) is 0 Å². The zero-order chi connectivity index (χ0) is 12.3. The van der Waals surface area contributed by atoms with Crippen molar-refractivity contribution in [1.82, 2.24) is 10.2 Å². The molecule has 0 aromatic carbocycles. The van der Waals surface area contributed by atoms with Gasteiger partial charge >= 0.3 is 0 Å². The Bertz CT molecular complexity index is 328. The van der Waals surface area contributed by atoms with E-state index in [4.69, 9.17) is 0 Å². The molecule has 2 nitrogen and oxygen atoms in total. The van der Waals surface area contributed by atoms with E-state index in [1.54, 1.807) is 0 Å². The van der Waals surface area contributed by atoms with Crippen LogP contribution in [0, 0.1) is 5.41 Å². The van der Waals surface area contributed by atoms with Crippen molar-refractivity contribution in [1.29, 1.82) is 0 Å². The molecular formula is C14H24N2S. The highest BCUT2D eigenvalue weighted by atomic mass is 32.1. The molecule has 2 heterocycles. The van der Waals surface area contributed by atoms with Crippen molar-refractivity contribution in [2.45, 2.75) is 32.7 Å². The number of rotatable bonds is 5. The molecule has 1 saturated heterocycles. The van der Waals surface area contributed by atoms with Gasteiger partial charge in [0, 0.05) is 24.0 Å². The topological polar surface area (TPSA) is 15.3 Å². The summed E-state index contributed by atoms with van der Waals surface area (Å²) in [5, 5.41) is 5.65.